The van der Waals surface area contributed by atoms with Gasteiger partial charge in [0.05, 0.1) is 5.70 Å². The zero-order valence-corrected chi connectivity index (χ0v) is 15.7. The summed E-state index contributed by atoms with van der Waals surface area (Å²) in [6.07, 6.45) is 2.35. The van der Waals surface area contributed by atoms with Gasteiger partial charge in [-0.1, -0.05) is 24.3 Å². The minimum absolute atomic E-state index is 0.0527. The Morgan fingerprint density at radius 1 is 1.21 bits per heavy atom. The Kier molecular flexibility index (Phi) is 5.88. The number of hydrogen-bond acceptors (Lipinski definition) is 6. The van der Waals surface area contributed by atoms with Gasteiger partial charge in [0.1, 0.15) is 17.4 Å². The number of nitrogens with zero attached hydrogens (tertiary/aromatic N) is 3. The normalized spacial score (nSPS) is 15.5. The van der Waals surface area contributed by atoms with Gasteiger partial charge < -0.3 is 21.3 Å². The molecule has 0 unspecified atom stereocenters. The lowest BCUT2D eigenvalue weighted by Crippen LogP contribution is -2.31. The maximum Gasteiger partial charge on any atom is 0.264 e. The first-order chi connectivity index (χ1) is 13.5. The first kappa shape index (κ1) is 19.3. The third-order valence-electron chi connectivity index (χ3n) is 4.34. The first-order valence-corrected chi connectivity index (χ1v) is 8.72. The molecule has 28 heavy (non-hydrogen) atoms. The molecule has 146 valence electrons. The maximum absolute atomic E-state index is 12.8. The molecule has 1 aliphatic rings. The highest BCUT2D eigenvalue weighted by atomic mass is 19.3. The van der Waals surface area contributed by atoms with Crippen molar-refractivity contribution < 1.29 is 8.78 Å². The van der Waals surface area contributed by atoms with E-state index in [9.17, 15) is 8.78 Å². The molecule has 1 aliphatic heterocycles. The highest BCUT2D eigenvalue weighted by molar-refractivity contribution is 6.04. The quantitative estimate of drug-likeness (QED) is 0.712. The molecule has 2 aromatic rings. The van der Waals surface area contributed by atoms with Crippen molar-refractivity contribution in [3.63, 3.8) is 0 Å². The predicted molar refractivity (Wildman–Crippen MR) is 107 cm³/mol. The van der Waals surface area contributed by atoms with Crippen LogP contribution in [0.25, 0.3) is 5.70 Å². The van der Waals surface area contributed by atoms with E-state index in [2.05, 4.69) is 20.6 Å². The average Bonchev–Trinajstić information content (AvgIpc) is 2.70. The molecule has 3 rings (SSSR count). The van der Waals surface area contributed by atoms with Crippen molar-refractivity contribution in [2.24, 2.45) is 10.7 Å². The van der Waals surface area contributed by atoms with Crippen LogP contribution >= 0.6 is 0 Å². The zero-order chi connectivity index (χ0) is 20.1. The van der Waals surface area contributed by atoms with Crippen LogP contribution < -0.4 is 16.4 Å². The van der Waals surface area contributed by atoms with Crippen LogP contribution in [0.1, 0.15) is 23.1 Å². The van der Waals surface area contributed by atoms with E-state index in [1.54, 1.807) is 6.20 Å². The van der Waals surface area contributed by atoms with Crippen LogP contribution in [0.2, 0.25) is 0 Å². The third kappa shape index (κ3) is 4.28. The van der Waals surface area contributed by atoms with Crippen molar-refractivity contribution in [2.75, 3.05) is 19.4 Å². The van der Waals surface area contributed by atoms with Crippen molar-refractivity contribution in [3.05, 3.63) is 77.4 Å². The molecule has 1 aromatic heterocycles. The number of benzene rings is 1. The fraction of sp³-hybridized carbons (Fsp3) is 0.200. The van der Waals surface area contributed by atoms with E-state index in [-0.39, 0.29) is 5.56 Å². The van der Waals surface area contributed by atoms with Gasteiger partial charge in [-0.15, -0.1) is 0 Å². The highest BCUT2D eigenvalue weighted by Crippen LogP contribution is 2.22. The van der Waals surface area contributed by atoms with Gasteiger partial charge in [-0.3, -0.25) is 0 Å². The van der Waals surface area contributed by atoms with E-state index in [0.29, 0.717) is 18.2 Å². The van der Waals surface area contributed by atoms with Gasteiger partial charge in [-0.2, -0.15) is 0 Å². The van der Waals surface area contributed by atoms with Gasteiger partial charge in [0.25, 0.3) is 6.43 Å². The van der Waals surface area contributed by atoms with Crippen molar-refractivity contribution >= 4 is 17.4 Å². The number of nitrogens with two attached hydrogens (primary N) is 1. The smallest absolute Gasteiger partial charge is 0.264 e. The van der Waals surface area contributed by atoms with Crippen molar-refractivity contribution in [2.45, 2.75) is 13.0 Å². The summed E-state index contributed by atoms with van der Waals surface area (Å²) in [5.74, 6) is 0.851. The maximum atomic E-state index is 12.8. The van der Waals surface area contributed by atoms with Crippen LogP contribution in [-0.4, -0.2) is 29.8 Å². The number of halogens is 2. The topological polar surface area (TPSA) is 78.6 Å². The Bertz CT molecular complexity index is 919. The molecular formula is C20H22F2N6. The Morgan fingerprint density at radius 3 is 2.61 bits per heavy atom. The SMILES string of the molecule is CN/C(=C1/C(N)=NC=CN1C)c1ccc(CNc2cc(C(F)F)ccn2)cc1. The van der Waals surface area contributed by atoms with Crippen LogP contribution in [0.3, 0.4) is 0 Å². The second kappa shape index (κ2) is 8.51. The summed E-state index contributed by atoms with van der Waals surface area (Å²) < 4.78 is 25.6. The Balaban J connectivity index is 1.75. The van der Waals surface area contributed by atoms with Crippen LogP contribution in [0.15, 0.2) is 65.7 Å². The molecule has 0 spiro atoms. The van der Waals surface area contributed by atoms with Gasteiger partial charge in [0, 0.05) is 44.8 Å². The molecule has 0 saturated carbocycles. The van der Waals surface area contributed by atoms with Gasteiger partial charge in [0.15, 0.2) is 0 Å². The second-order valence-corrected chi connectivity index (χ2v) is 6.22. The summed E-state index contributed by atoms with van der Waals surface area (Å²) in [6.45, 7) is 0.470. The molecule has 0 saturated heterocycles. The number of hydrogen-bond donors (Lipinski definition) is 3. The minimum Gasteiger partial charge on any atom is -0.386 e. The number of likely N-dealkylation sites (N-methyl/N-ethyl adjacent to an activating group) is 1. The number of aromatic nitrogens is 1. The van der Waals surface area contributed by atoms with E-state index in [1.165, 1.54) is 18.3 Å². The van der Waals surface area contributed by atoms with Crippen molar-refractivity contribution in [3.8, 4) is 0 Å². The number of aliphatic imine (C=N–C) groups is 1. The number of nitrogens with one attached hydrogen (secondary N) is 2. The molecule has 2 heterocycles. The van der Waals surface area contributed by atoms with E-state index < -0.39 is 6.43 Å². The fourth-order valence-corrected chi connectivity index (χ4v) is 2.90. The van der Waals surface area contributed by atoms with Gasteiger partial charge >= 0.3 is 0 Å². The van der Waals surface area contributed by atoms with E-state index in [4.69, 9.17) is 5.73 Å². The average molecular weight is 384 g/mol. The van der Waals surface area contributed by atoms with Crippen LogP contribution in [-0.2, 0) is 6.54 Å². The largest absolute Gasteiger partial charge is 0.386 e. The molecule has 0 atom stereocenters. The van der Waals surface area contributed by atoms with Gasteiger partial charge in [-0.25, -0.2) is 18.8 Å². The van der Waals surface area contributed by atoms with Gasteiger partial charge in [0.2, 0.25) is 0 Å². The van der Waals surface area contributed by atoms with Gasteiger partial charge in [-0.05, 0) is 23.3 Å². The Morgan fingerprint density at radius 2 is 1.96 bits per heavy atom. The van der Waals surface area contributed by atoms with E-state index in [0.717, 1.165) is 22.5 Å². The molecule has 6 nitrogen and oxygen atoms in total. The summed E-state index contributed by atoms with van der Waals surface area (Å²) in [4.78, 5) is 10.1. The molecule has 8 heteroatoms. The van der Waals surface area contributed by atoms with Crippen LogP contribution in [0.4, 0.5) is 14.6 Å². The van der Waals surface area contributed by atoms with Crippen molar-refractivity contribution in [1.82, 2.24) is 15.2 Å². The molecule has 0 fully saturated rings. The second-order valence-electron chi connectivity index (χ2n) is 6.22. The summed E-state index contributed by atoms with van der Waals surface area (Å²) in [6, 6.07) is 10.5. The van der Waals surface area contributed by atoms with E-state index in [1.807, 2.05) is 49.5 Å². The predicted octanol–water partition coefficient (Wildman–Crippen LogP) is 3.29. The lowest BCUT2D eigenvalue weighted by Gasteiger charge is -2.24. The molecule has 1 aromatic carbocycles. The van der Waals surface area contributed by atoms with Crippen molar-refractivity contribution in [1.29, 1.82) is 0 Å². The molecule has 0 radical (unpaired) electrons. The number of anilines is 1. The molecule has 0 aliphatic carbocycles. The summed E-state index contributed by atoms with van der Waals surface area (Å²) in [5, 5.41) is 6.26. The fourth-order valence-electron chi connectivity index (χ4n) is 2.90. The summed E-state index contributed by atoms with van der Waals surface area (Å²) >= 11 is 0. The molecule has 4 N–H and O–H groups in total. The number of pyridine rings is 1. The lowest BCUT2D eigenvalue weighted by atomic mass is 10.1. The number of amidine groups is 1. The third-order valence-corrected chi connectivity index (χ3v) is 4.34. The lowest BCUT2D eigenvalue weighted by molar-refractivity contribution is 0.151. The Labute approximate surface area is 162 Å². The van der Waals surface area contributed by atoms with Crippen LogP contribution in [0, 0.1) is 0 Å². The summed E-state index contributed by atoms with van der Waals surface area (Å²) in [7, 11) is 3.74. The molecule has 0 bridgehead atoms. The standard InChI is InChI=1S/C20H22F2N6/c1-24-17(18-20(23)26-9-10-28(18)2)14-5-3-13(4-6-14)12-27-16-11-15(19(21)22)7-8-25-16/h3-11,19,24H,12H2,1-2H3,(H2,23,26)(H,25,27)/b18-17-. The monoisotopic (exact) mass is 384 g/mol. The number of alkyl halides is 2. The zero-order valence-electron chi connectivity index (χ0n) is 15.7. The number of rotatable bonds is 6. The minimum atomic E-state index is -2.51. The van der Waals surface area contributed by atoms with Crippen LogP contribution in [0.5, 0.6) is 0 Å². The molecule has 0 amide bonds. The Hall–Kier alpha value is -3.42. The van der Waals surface area contributed by atoms with E-state index >= 15 is 0 Å². The summed E-state index contributed by atoms with van der Waals surface area (Å²) in [5.41, 5.74) is 9.60. The molecular weight excluding hydrogens is 362 g/mol. The first-order valence-electron chi connectivity index (χ1n) is 8.72. The highest BCUT2D eigenvalue weighted by Gasteiger charge is 2.17.